The molecule has 0 radical (unpaired) electrons. The second kappa shape index (κ2) is 4.74. The highest BCUT2D eigenvalue weighted by Crippen LogP contribution is 2.22. The van der Waals surface area contributed by atoms with E-state index in [2.05, 4.69) is 4.98 Å². The van der Waals surface area contributed by atoms with Crippen molar-refractivity contribution in [2.75, 3.05) is 0 Å². The number of amides is 1. The molecule has 3 nitrogen and oxygen atoms in total. The normalized spacial score (nSPS) is 12.1. The summed E-state index contributed by atoms with van der Waals surface area (Å²) in [5.41, 5.74) is 6.38. The van der Waals surface area contributed by atoms with Crippen molar-refractivity contribution < 1.29 is 9.18 Å². The van der Waals surface area contributed by atoms with Crippen LogP contribution in [0.3, 0.4) is 0 Å². The zero-order valence-electron chi connectivity index (χ0n) is 9.01. The molecule has 1 unspecified atom stereocenters. The largest absolute Gasteiger partial charge is 0.369 e. The van der Waals surface area contributed by atoms with Gasteiger partial charge in [0.25, 0.3) is 0 Å². The van der Waals surface area contributed by atoms with E-state index in [-0.39, 0.29) is 0 Å². The lowest BCUT2D eigenvalue weighted by Gasteiger charge is -2.12. The Morgan fingerprint density at radius 1 is 1.24 bits per heavy atom. The van der Waals surface area contributed by atoms with Crippen molar-refractivity contribution in [2.24, 2.45) is 5.73 Å². The predicted molar refractivity (Wildman–Crippen MR) is 61.7 cm³/mol. The van der Waals surface area contributed by atoms with E-state index in [1.807, 2.05) is 0 Å². The fraction of sp³-hybridized carbons (Fsp3) is 0.0769. The molecular formula is C13H11FN2O. The first-order chi connectivity index (χ1) is 8.18. The number of primary amides is 1. The Morgan fingerprint density at radius 2 is 2.06 bits per heavy atom. The summed E-state index contributed by atoms with van der Waals surface area (Å²) in [6.45, 7) is 0. The lowest BCUT2D eigenvalue weighted by molar-refractivity contribution is -0.118. The molecule has 2 aromatic rings. The Kier molecular flexibility index (Phi) is 3.14. The molecule has 2 N–H and O–H groups in total. The van der Waals surface area contributed by atoms with Crippen LogP contribution in [0.1, 0.15) is 17.2 Å². The number of hydrogen-bond acceptors (Lipinski definition) is 2. The van der Waals surface area contributed by atoms with E-state index in [0.717, 1.165) is 0 Å². The summed E-state index contributed by atoms with van der Waals surface area (Å²) in [6.07, 6.45) is 1.57. The van der Waals surface area contributed by atoms with Crippen LogP contribution in [0.25, 0.3) is 0 Å². The standard InChI is InChI=1S/C13H11FN2O/c14-10-5-3-4-9(8-10)12(13(15)17)11-6-1-2-7-16-11/h1-8,12H,(H2,15,17). The smallest absolute Gasteiger partial charge is 0.231 e. The first kappa shape index (κ1) is 11.3. The number of rotatable bonds is 3. The molecule has 1 atom stereocenters. The highest BCUT2D eigenvalue weighted by atomic mass is 19.1. The van der Waals surface area contributed by atoms with Gasteiger partial charge in [-0.25, -0.2) is 4.39 Å². The molecule has 0 saturated heterocycles. The van der Waals surface area contributed by atoms with Gasteiger partial charge in [-0.3, -0.25) is 9.78 Å². The van der Waals surface area contributed by atoms with Crippen molar-refractivity contribution >= 4 is 5.91 Å². The zero-order chi connectivity index (χ0) is 12.3. The molecule has 1 aromatic carbocycles. The molecule has 1 heterocycles. The molecule has 0 spiro atoms. The average molecular weight is 230 g/mol. The monoisotopic (exact) mass is 230 g/mol. The van der Waals surface area contributed by atoms with Crippen LogP contribution in [-0.4, -0.2) is 10.9 Å². The SMILES string of the molecule is NC(=O)C(c1cccc(F)c1)c1ccccn1. The van der Waals surface area contributed by atoms with Crippen LogP contribution in [-0.2, 0) is 4.79 Å². The number of aromatic nitrogens is 1. The van der Waals surface area contributed by atoms with Crippen molar-refractivity contribution in [2.45, 2.75) is 5.92 Å². The third-order valence-corrected chi connectivity index (χ3v) is 2.45. The van der Waals surface area contributed by atoms with Gasteiger partial charge in [-0.15, -0.1) is 0 Å². The van der Waals surface area contributed by atoms with Gasteiger partial charge in [-0.1, -0.05) is 18.2 Å². The van der Waals surface area contributed by atoms with Crippen LogP contribution < -0.4 is 5.73 Å². The Labute approximate surface area is 98.1 Å². The number of hydrogen-bond donors (Lipinski definition) is 1. The second-order valence-electron chi connectivity index (χ2n) is 3.64. The molecule has 0 aliphatic heterocycles. The van der Waals surface area contributed by atoms with E-state index in [1.54, 1.807) is 36.5 Å². The van der Waals surface area contributed by atoms with E-state index in [0.29, 0.717) is 11.3 Å². The van der Waals surface area contributed by atoms with Crippen LogP contribution in [0.5, 0.6) is 0 Å². The van der Waals surface area contributed by atoms with Gasteiger partial charge < -0.3 is 5.73 Å². The van der Waals surface area contributed by atoms with E-state index < -0.39 is 17.6 Å². The van der Waals surface area contributed by atoms with Crippen molar-refractivity contribution in [3.8, 4) is 0 Å². The number of benzene rings is 1. The average Bonchev–Trinajstić information content (AvgIpc) is 2.30. The number of nitrogens with zero attached hydrogens (tertiary/aromatic N) is 1. The van der Waals surface area contributed by atoms with Crippen LogP contribution in [0.2, 0.25) is 0 Å². The minimum Gasteiger partial charge on any atom is -0.369 e. The van der Waals surface area contributed by atoms with E-state index >= 15 is 0 Å². The molecule has 0 saturated carbocycles. The fourth-order valence-corrected chi connectivity index (χ4v) is 1.71. The van der Waals surface area contributed by atoms with Crippen molar-refractivity contribution in [1.82, 2.24) is 4.98 Å². The molecule has 2 rings (SSSR count). The quantitative estimate of drug-likeness (QED) is 0.874. The van der Waals surface area contributed by atoms with E-state index in [9.17, 15) is 9.18 Å². The molecular weight excluding hydrogens is 219 g/mol. The molecule has 4 heteroatoms. The minimum atomic E-state index is -0.716. The predicted octanol–water partition coefficient (Wildman–Crippen LogP) is 1.84. The Bertz CT molecular complexity index is 528. The molecule has 0 aliphatic rings. The maximum absolute atomic E-state index is 13.1. The molecule has 0 aliphatic carbocycles. The summed E-state index contributed by atoms with van der Waals surface area (Å²) in [6, 6.07) is 11.0. The lowest BCUT2D eigenvalue weighted by atomic mass is 9.94. The summed E-state index contributed by atoms with van der Waals surface area (Å²) in [7, 11) is 0. The van der Waals surface area contributed by atoms with Gasteiger partial charge in [0, 0.05) is 6.20 Å². The number of carbonyl (C=O) groups is 1. The summed E-state index contributed by atoms with van der Waals surface area (Å²) in [5.74, 6) is -1.66. The topological polar surface area (TPSA) is 56.0 Å². The van der Waals surface area contributed by atoms with E-state index in [1.165, 1.54) is 12.1 Å². The Hall–Kier alpha value is -2.23. The van der Waals surface area contributed by atoms with Crippen LogP contribution in [0.4, 0.5) is 4.39 Å². The number of carbonyl (C=O) groups excluding carboxylic acids is 1. The number of nitrogens with two attached hydrogens (primary N) is 1. The first-order valence-corrected chi connectivity index (χ1v) is 5.14. The maximum Gasteiger partial charge on any atom is 0.231 e. The fourth-order valence-electron chi connectivity index (χ4n) is 1.71. The second-order valence-corrected chi connectivity index (χ2v) is 3.64. The Morgan fingerprint density at radius 3 is 2.65 bits per heavy atom. The molecule has 1 aromatic heterocycles. The van der Waals surface area contributed by atoms with Crippen LogP contribution in [0.15, 0.2) is 48.7 Å². The minimum absolute atomic E-state index is 0.398. The maximum atomic E-state index is 13.1. The van der Waals surface area contributed by atoms with Crippen molar-refractivity contribution in [3.63, 3.8) is 0 Å². The van der Waals surface area contributed by atoms with Gasteiger partial charge in [-0.05, 0) is 29.8 Å². The van der Waals surface area contributed by atoms with Crippen molar-refractivity contribution in [1.29, 1.82) is 0 Å². The zero-order valence-corrected chi connectivity index (χ0v) is 9.01. The summed E-state index contributed by atoms with van der Waals surface area (Å²) in [4.78, 5) is 15.6. The van der Waals surface area contributed by atoms with Gasteiger partial charge in [-0.2, -0.15) is 0 Å². The van der Waals surface area contributed by atoms with Gasteiger partial charge >= 0.3 is 0 Å². The summed E-state index contributed by atoms with van der Waals surface area (Å²) >= 11 is 0. The molecule has 0 bridgehead atoms. The third-order valence-electron chi connectivity index (χ3n) is 2.45. The van der Waals surface area contributed by atoms with Crippen LogP contribution >= 0.6 is 0 Å². The highest BCUT2D eigenvalue weighted by molar-refractivity contribution is 5.85. The van der Waals surface area contributed by atoms with E-state index in [4.69, 9.17) is 5.73 Å². The molecule has 17 heavy (non-hydrogen) atoms. The van der Waals surface area contributed by atoms with Gasteiger partial charge in [0.15, 0.2) is 0 Å². The van der Waals surface area contributed by atoms with Gasteiger partial charge in [0.1, 0.15) is 11.7 Å². The number of pyridine rings is 1. The summed E-state index contributed by atoms with van der Waals surface area (Å²) in [5, 5.41) is 0. The van der Waals surface area contributed by atoms with Crippen molar-refractivity contribution in [3.05, 3.63) is 65.7 Å². The molecule has 0 fully saturated rings. The lowest BCUT2D eigenvalue weighted by Crippen LogP contribution is -2.23. The van der Waals surface area contributed by atoms with Gasteiger partial charge in [0.05, 0.1) is 5.69 Å². The molecule has 86 valence electrons. The number of halogens is 1. The first-order valence-electron chi connectivity index (χ1n) is 5.14. The Balaban J connectivity index is 2.47. The third kappa shape index (κ3) is 2.47. The molecule has 1 amide bonds. The summed E-state index contributed by atoms with van der Waals surface area (Å²) < 4.78 is 13.1. The highest BCUT2D eigenvalue weighted by Gasteiger charge is 2.21. The van der Waals surface area contributed by atoms with Gasteiger partial charge in [0.2, 0.25) is 5.91 Å². The van der Waals surface area contributed by atoms with Crippen LogP contribution in [0, 0.1) is 5.82 Å².